The van der Waals surface area contributed by atoms with Crippen LogP contribution in [-0.2, 0) is 6.18 Å². The predicted molar refractivity (Wildman–Crippen MR) is 74.7 cm³/mol. The molecule has 0 aliphatic carbocycles. The average Bonchev–Trinajstić information content (AvgIpc) is 2.41. The van der Waals surface area contributed by atoms with Crippen molar-refractivity contribution in [3.8, 4) is 11.6 Å². The van der Waals surface area contributed by atoms with Crippen LogP contribution in [-0.4, -0.2) is 14.9 Å². The first-order valence-corrected chi connectivity index (χ1v) is 6.51. The second-order valence-corrected chi connectivity index (χ2v) is 4.94. The lowest BCUT2D eigenvalue weighted by Gasteiger charge is -2.13. The van der Waals surface area contributed by atoms with E-state index in [4.69, 9.17) is 16.3 Å². The molecule has 0 N–H and O–H groups in total. The van der Waals surface area contributed by atoms with E-state index in [1.807, 2.05) is 0 Å². The summed E-state index contributed by atoms with van der Waals surface area (Å²) in [5.41, 5.74) is -1.77. The smallest absolute Gasteiger partial charge is 0.432 e. The van der Waals surface area contributed by atoms with Crippen molar-refractivity contribution >= 4 is 17.3 Å². The normalized spacial score (nSPS) is 11.4. The Labute approximate surface area is 133 Å². The topological polar surface area (TPSA) is 78.2 Å². The molecular weight excluding hydrogens is 339 g/mol. The first kappa shape index (κ1) is 16.9. The molecule has 2 aromatic rings. The van der Waals surface area contributed by atoms with Crippen molar-refractivity contribution in [3.63, 3.8) is 0 Å². The van der Waals surface area contributed by atoms with Gasteiger partial charge in [-0.2, -0.15) is 18.2 Å². The third-order valence-electron chi connectivity index (χ3n) is 2.84. The molecule has 0 spiro atoms. The molecule has 23 heavy (non-hydrogen) atoms. The van der Waals surface area contributed by atoms with Gasteiger partial charge in [-0.15, -0.1) is 0 Å². The molecule has 0 aliphatic heterocycles. The van der Waals surface area contributed by atoms with Crippen LogP contribution < -0.4 is 4.74 Å². The van der Waals surface area contributed by atoms with Gasteiger partial charge in [0.05, 0.1) is 10.6 Å². The Balaban J connectivity index is 2.48. The molecule has 0 fully saturated rings. The van der Waals surface area contributed by atoms with Gasteiger partial charge in [0.15, 0.2) is 5.75 Å². The number of aromatic nitrogens is 2. The van der Waals surface area contributed by atoms with Gasteiger partial charge < -0.3 is 4.74 Å². The van der Waals surface area contributed by atoms with Gasteiger partial charge in [-0.1, -0.05) is 11.6 Å². The average molecular weight is 348 g/mol. The highest BCUT2D eigenvalue weighted by Crippen LogP contribution is 2.36. The Hall–Kier alpha value is -2.42. The Kier molecular flexibility index (Phi) is 4.42. The van der Waals surface area contributed by atoms with Gasteiger partial charge in [-0.25, -0.2) is 4.98 Å². The number of alkyl halides is 3. The molecule has 0 amide bonds. The molecule has 2 rings (SSSR count). The van der Waals surface area contributed by atoms with Crippen molar-refractivity contribution in [1.82, 2.24) is 9.97 Å². The van der Waals surface area contributed by atoms with Crippen LogP contribution in [0, 0.1) is 24.0 Å². The highest BCUT2D eigenvalue weighted by molar-refractivity contribution is 6.29. The van der Waals surface area contributed by atoms with Crippen LogP contribution in [0.4, 0.5) is 18.9 Å². The molecule has 0 saturated heterocycles. The van der Waals surface area contributed by atoms with Gasteiger partial charge in [0, 0.05) is 6.07 Å². The number of pyridine rings is 2. The minimum absolute atomic E-state index is 0.0557. The van der Waals surface area contributed by atoms with Crippen molar-refractivity contribution < 1.29 is 22.8 Å². The maximum absolute atomic E-state index is 12.8. The molecule has 0 bridgehead atoms. The number of rotatable bonds is 3. The van der Waals surface area contributed by atoms with E-state index in [2.05, 4.69) is 9.97 Å². The van der Waals surface area contributed by atoms with E-state index in [0.717, 1.165) is 12.1 Å². The summed E-state index contributed by atoms with van der Waals surface area (Å²) in [7, 11) is 0. The van der Waals surface area contributed by atoms with Crippen LogP contribution in [0.1, 0.15) is 17.0 Å². The maximum Gasteiger partial charge on any atom is 0.433 e. The van der Waals surface area contributed by atoms with Crippen LogP contribution in [0.3, 0.4) is 0 Å². The fourth-order valence-electron chi connectivity index (χ4n) is 1.80. The minimum atomic E-state index is -4.60. The van der Waals surface area contributed by atoms with Crippen molar-refractivity contribution in [3.05, 3.63) is 50.4 Å². The summed E-state index contributed by atoms with van der Waals surface area (Å²) in [5, 5.41) is 10.9. The van der Waals surface area contributed by atoms with Crippen molar-refractivity contribution in [2.24, 2.45) is 0 Å². The Morgan fingerprint density at radius 1 is 1.26 bits per heavy atom. The van der Waals surface area contributed by atoms with Crippen LogP contribution >= 0.6 is 11.6 Å². The van der Waals surface area contributed by atoms with E-state index in [9.17, 15) is 23.3 Å². The third-order valence-corrected chi connectivity index (χ3v) is 3.05. The Morgan fingerprint density at radius 2 is 1.91 bits per heavy atom. The molecule has 2 heterocycles. The van der Waals surface area contributed by atoms with Crippen molar-refractivity contribution in [2.45, 2.75) is 20.0 Å². The second-order valence-electron chi connectivity index (χ2n) is 4.55. The molecule has 0 atom stereocenters. The predicted octanol–water partition coefficient (Wildman–Crippen LogP) is 4.47. The lowest BCUT2D eigenvalue weighted by atomic mass is 10.2. The highest BCUT2D eigenvalue weighted by atomic mass is 35.5. The van der Waals surface area contributed by atoms with E-state index in [1.165, 1.54) is 19.9 Å². The van der Waals surface area contributed by atoms with Gasteiger partial charge in [-0.3, -0.25) is 10.1 Å². The Morgan fingerprint density at radius 3 is 2.48 bits per heavy atom. The zero-order valence-corrected chi connectivity index (χ0v) is 12.6. The summed E-state index contributed by atoms with van der Waals surface area (Å²) in [6, 6.07) is 3.39. The van der Waals surface area contributed by atoms with Gasteiger partial charge in [-0.05, 0) is 31.5 Å². The largest absolute Gasteiger partial charge is 0.433 e. The zero-order chi connectivity index (χ0) is 17.4. The number of nitro groups is 1. The van der Waals surface area contributed by atoms with E-state index in [0.29, 0.717) is 0 Å². The summed E-state index contributed by atoms with van der Waals surface area (Å²) in [6.07, 6.45) is -4.60. The highest BCUT2D eigenvalue weighted by Gasteiger charge is 2.35. The molecule has 0 unspecified atom stereocenters. The molecule has 122 valence electrons. The molecule has 0 aromatic carbocycles. The number of ether oxygens (including phenoxy) is 1. The molecular formula is C13H9ClF3N3O3. The quantitative estimate of drug-likeness (QED) is 0.465. The summed E-state index contributed by atoms with van der Waals surface area (Å²) in [6.45, 7) is 2.50. The maximum atomic E-state index is 12.8. The SMILES string of the molecule is Cc1cc(Oc2nc(Cl)ccc2[N+](=O)[O-])c(C)nc1C(F)(F)F. The van der Waals surface area contributed by atoms with Gasteiger partial charge in [0.1, 0.15) is 10.8 Å². The number of hydrogen-bond donors (Lipinski definition) is 0. The van der Waals surface area contributed by atoms with Crippen LogP contribution in [0.2, 0.25) is 5.15 Å². The number of hydrogen-bond acceptors (Lipinski definition) is 5. The monoisotopic (exact) mass is 347 g/mol. The first-order valence-electron chi connectivity index (χ1n) is 6.14. The van der Waals surface area contributed by atoms with E-state index in [1.54, 1.807) is 0 Å². The van der Waals surface area contributed by atoms with E-state index < -0.39 is 28.4 Å². The number of aryl methyl sites for hydroxylation is 2. The van der Waals surface area contributed by atoms with E-state index in [-0.39, 0.29) is 22.2 Å². The fraction of sp³-hybridized carbons (Fsp3) is 0.231. The fourth-order valence-corrected chi connectivity index (χ4v) is 1.94. The summed E-state index contributed by atoms with van der Waals surface area (Å²) in [4.78, 5) is 17.3. The molecule has 0 radical (unpaired) electrons. The zero-order valence-electron chi connectivity index (χ0n) is 11.8. The van der Waals surface area contributed by atoms with Crippen molar-refractivity contribution in [2.75, 3.05) is 0 Å². The van der Waals surface area contributed by atoms with Crippen LogP contribution in [0.5, 0.6) is 11.6 Å². The standard InChI is InChI=1S/C13H9ClF3N3O3/c1-6-5-9(7(2)18-11(6)13(15,16)17)23-12-8(20(21)22)3-4-10(14)19-12/h3-5H,1-2H3. The molecule has 10 heteroatoms. The van der Waals surface area contributed by atoms with Crippen LogP contribution in [0.25, 0.3) is 0 Å². The van der Waals surface area contributed by atoms with Crippen molar-refractivity contribution in [1.29, 1.82) is 0 Å². The van der Waals surface area contributed by atoms with Gasteiger partial charge in [0.25, 0.3) is 0 Å². The second kappa shape index (κ2) is 5.99. The lowest BCUT2D eigenvalue weighted by Crippen LogP contribution is -2.12. The first-order chi connectivity index (χ1) is 10.6. The third kappa shape index (κ3) is 3.67. The summed E-state index contributed by atoms with van der Waals surface area (Å²) < 4.78 is 43.6. The molecule has 6 nitrogen and oxygen atoms in total. The van der Waals surface area contributed by atoms with Crippen LogP contribution in [0.15, 0.2) is 18.2 Å². The number of halogens is 4. The van der Waals surface area contributed by atoms with Gasteiger partial charge >= 0.3 is 17.7 Å². The minimum Gasteiger partial charge on any atom is -0.432 e. The number of nitrogens with zero attached hydrogens (tertiary/aromatic N) is 3. The molecule has 0 aliphatic rings. The Bertz CT molecular complexity index is 781. The van der Waals surface area contributed by atoms with Gasteiger partial charge in [0.2, 0.25) is 0 Å². The molecule has 2 aromatic heterocycles. The summed E-state index contributed by atoms with van der Waals surface area (Å²) >= 11 is 5.67. The van der Waals surface area contributed by atoms with E-state index >= 15 is 0 Å². The lowest BCUT2D eigenvalue weighted by molar-refractivity contribution is -0.386. The summed E-state index contributed by atoms with van der Waals surface area (Å²) in [5.74, 6) is -0.500. The molecule has 0 saturated carbocycles.